The number of hydrogen-bond acceptors (Lipinski definition) is 5. The van der Waals surface area contributed by atoms with Crippen molar-refractivity contribution < 1.29 is 0 Å². The zero-order valence-electron chi connectivity index (χ0n) is 15.7. The highest BCUT2D eigenvalue weighted by Crippen LogP contribution is 2.31. The van der Waals surface area contributed by atoms with Crippen molar-refractivity contribution in [2.24, 2.45) is 5.73 Å². The monoisotopic (exact) mass is 384 g/mol. The van der Waals surface area contributed by atoms with Crippen molar-refractivity contribution in [3.05, 3.63) is 46.0 Å². The van der Waals surface area contributed by atoms with Crippen LogP contribution < -0.4 is 10.6 Å². The lowest BCUT2D eigenvalue weighted by Crippen LogP contribution is -2.34. The number of imidazole rings is 1. The molecule has 6 nitrogen and oxygen atoms in total. The van der Waals surface area contributed by atoms with Gasteiger partial charge >= 0.3 is 0 Å². The fraction of sp³-hybridized carbons (Fsp3) is 0.350. The summed E-state index contributed by atoms with van der Waals surface area (Å²) in [6.07, 6.45) is 9.88. The fourth-order valence-electron chi connectivity index (χ4n) is 3.22. The molecule has 0 saturated carbocycles. The minimum absolute atomic E-state index is 0.568. The summed E-state index contributed by atoms with van der Waals surface area (Å²) in [6.45, 7) is 5.36. The molecule has 2 aromatic heterocycles. The van der Waals surface area contributed by atoms with Crippen molar-refractivity contribution in [1.29, 1.82) is 5.41 Å². The largest absolute Gasteiger partial charge is 0.402 e. The first kappa shape index (κ1) is 19.2. The summed E-state index contributed by atoms with van der Waals surface area (Å²) < 4.78 is 0. The molecule has 0 amide bonds. The van der Waals surface area contributed by atoms with Gasteiger partial charge in [0.15, 0.2) is 0 Å². The highest BCUT2D eigenvalue weighted by Gasteiger charge is 2.20. The maximum Gasteiger partial charge on any atom is 0.139 e. The van der Waals surface area contributed by atoms with E-state index in [1.165, 1.54) is 6.21 Å². The van der Waals surface area contributed by atoms with Gasteiger partial charge in [-0.3, -0.25) is 0 Å². The molecule has 0 fully saturated rings. The molecule has 0 bridgehead atoms. The maximum atomic E-state index is 7.51. The number of anilines is 1. The van der Waals surface area contributed by atoms with Gasteiger partial charge in [-0.1, -0.05) is 31.5 Å². The molecule has 2 aromatic rings. The Bertz CT molecular complexity index is 896. The average Bonchev–Trinajstić information content (AvgIpc) is 3.14. The number of pyridine rings is 1. The molecule has 1 aliphatic heterocycles. The minimum atomic E-state index is 0.568. The molecule has 0 aromatic carbocycles. The van der Waals surface area contributed by atoms with E-state index in [0.717, 1.165) is 65.7 Å². The number of nitrogens with two attached hydrogens (primary N) is 1. The van der Waals surface area contributed by atoms with Crippen molar-refractivity contribution in [3.63, 3.8) is 0 Å². The van der Waals surface area contributed by atoms with Crippen molar-refractivity contribution in [1.82, 2.24) is 15.0 Å². The topological polar surface area (TPSA) is 94.7 Å². The van der Waals surface area contributed by atoms with Crippen molar-refractivity contribution in [3.8, 4) is 11.4 Å². The van der Waals surface area contributed by atoms with E-state index in [1.807, 2.05) is 26.0 Å². The van der Waals surface area contributed by atoms with Gasteiger partial charge in [-0.25, -0.2) is 9.97 Å². The van der Waals surface area contributed by atoms with Gasteiger partial charge in [-0.2, -0.15) is 0 Å². The Morgan fingerprint density at radius 1 is 1.33 bits per heavy atom. The van der Waals surface area contributed by atoms with Gasteiger partial charge in [0.1, 0.15) is 11.6 Å². The molecule has 0 atom stereocenters. The van der Waals surface area contributed by atoms with E-state index < -0.39 is 0 Å². The number of nitrogens with one attached hydrogen (secondary N) is 2. The Hall–Kier alpha value is -2.60. The summed E-state index contributed by atoms with van der Waals surface area (Å²) in [5.41, 5.74) is 10.6. The molecule has 0 radical (unpaired) electrons. The molecule has 0 spiro atoms. The normalized spacial score (nSPS) is 15.9. The third-order valence-corrected chi connectivity index (χ3v) is 4.97. The SMILES string of the molecule is CC.N=CC1=C(N)CCN(c2cc(-c3nc4c([nH]3)CCC=C4)c(Cl)cn2)C1. The summed E-state index contributed by atoms with van der Waals surface area (Å²) in [5.74, 6) is 1.58. The van der Waals surface area contributed by atoms with Gasteiger partial charge in [0.2, 0.25) is 0 Å². The fourth-order valence-corrected chi connectivity index (χ4v) is 3.41. The maximum absolute atomic E-state index is 7.51. The van der Waals surface area contributed by atoms with Gasteiger partial charge in [-0.15, -0.1) is 0 Å². The summed E-state index contributed by atoms with van der Waals surface area (Å²) in [5, 5.41) is 8.08. The Labute approximate surface area is 164 Å². The summed E-state index contributed by atoms with van der Waals surface area (Å²) in [6, 6.07) is 1.96. The van der Waals surface area contributed by atoms with Crippen molar-refractivity contribution in [2.45, 2.75) is 33.1 Å². The number of hydrogen-bond donors (Lipinski definition) is 3. The zero-order valence-corrected chi connectivity index (χ0v) is 16.5. The van der Waals surface area contributed by atoms with Crippen LogP contribution in [-0.4, -0.2) is 34.3 Å². The van der Waals surface area contributed by atoms with Crippen LogP contribution in [0.2, 0.25) is 5.02 Å². The van der Waals surface area contributed by atoms with E-state index in [2.05, 4.69) is 25.9 Å². The second kappa shape index (κ2) is 8.39. The first-order valence-corrected chi connectivity index (χ1v) is 9.67. The molecule has 1 aliphatic carbocycles. The smallest absolute Gasteiger partial charge is 0.139 e. The number of allylic oxidation sites excluding steroid dienone is 1. The number of aryl methyl sites for hydroxylation is 1. The van der Waals surface area contributed by atoms with Crippen LogP contribution in [0.4, 0.5) is 5.82 Å². The van der Waals surface area contributed by atoms with Crippen LogP contribution in [0.5, 0.6) is 0 Å². The van der Waals surface area contributed by atoms with Crippen LogP contribution in [0.25, 0.3) is 17.5 Å². The van der Waals surface area contributed by atoms with Gasteiger partial charge in [0.25, 0.3) is 0 Å². The second-order valence-corrected chi connectivity index (χ2v) is 6.69. The first-order chi connectivity index (χ1) is 13.2. The molecule has 0 saturated heterocycles. The molecule has 2 aliphatic rings. The summed E-state index contributed by atoms with van der Waals surface area (Å²) >= 11 is 6.39. The number of fused-ring (bicyclic) bond motifs is 1. The molecule has 27 heavy (non-hydrogen) atoms. The Balaban J connectivity index is 0.00000102. The number of H-pyrrole nitrogens is 1. The highest BCUT2D eigenvalue weighted by molar-refractivity contribution is 6.33. The van der Waals surface area contributed by atoms with Crippen LogP contribution in [0.15, 0.2) is 29.6 Å². The molecule has 4 rings (SSSR count). The van der Waals surface area contributed by atoms with Crippen LogP contribution in [0, 0.1) is 5.41 Å². The van der Waals surface area contributed by atoms with E-state index in [-0.39, 0.29) is 0 Å². The van der Waals surface area contributed by atoms with E-state index in [4.69, 9.17) is 22.7 Å². The third kappa shape index (κ3) is 3.90. The molecule has 0 unspecified atom stereocenters. The number of aromatic amines is 1. The molecule has 4 N–H and O–H groups in total. The van der Waals surface area contributed by atoms with Gasteiger partial charge in [0.05, 0.1) is 10.7 Å². The second-order valence-electron chi connectivity index (χ2n) is 6.28. The molecular formula is C20H25ClN6. The number of aromatic nitrogens is 3. The average molecular weight is 385 g/mol. The van der Waals surface area contributed by atoms with Gasteiger partial charge in [-0.05, 0) is 25.0 Å². The first-order valence-electron chi connectivity index (χ1n) is 9.30. The third-order valence-electron chi connectivity index (χ3n) is 4.67. The molecule has 142 valence electrons. The zero-order chi connectivity index (χ0) is 19.4. The van der Waals surface area contributed by atoms with Crippen LogP contribution >= 0.6 is 11.6 Å². The van der Waals surface area contributed by atoms with E-state index >= 15 is 0 Å². The van der Waals surface area contributed by atoms with E-state index in [9.17, 15) is 0 Å². The lowest BCUT2D eigenvalue weighted by Gasteiger charge is -2.29. The summed E-state index contributed by atoms with van der Waals surface area (Å²) in [7, 11) is 0. The van der Waals surface area contributed by atoms with E-state index in [0.29, 0.717) is 11.6 Å². The predicted octanol–water partition coefficient (Wildman–Crippen LogP) is 4.18. The Morgan fingerprint density at radius 3 is 2.89 bits per heavy atom. The summed E-state index contributed by atoms with van der Waals surface area (Å²) in [4.78, 5) is 14.6. The standard InChI is InChI=1S/C18H19ClN6.C2H6/c19-13-9-22-17(25-6-5-14(21)11(8-20)10-25)7-12(13)18-23-15-3-1-2-4-16(15)24-18;1-2/h1,3,7-9,20H,2,4-6,10,21H2,(H,23,24);1-2H3. The van der Waals surface area contributed by atoms with Crippen LogP contribution in [0.1, 0.15) is 38.1 Å². The van der Waals surface area contributed by atoms with Crippen LogP contribution in [0.3, 0.4) is 0 Å². The highest BCUT2D eigenvalue weighted by atomic mass is 35.5. The quantitative estimate of drug-likeness (QED) is 0.691. The van der Waals surface area contributed by atoms with Crippen molar-refractivity contribution in [2.75, 3.05) is 18.0 Å². The Kier molecular flexibility index (Phi) is 5.96. The number of nitrogens with zero attached hydrogens (tertiary/aromatic N) is 3. The molecule has 7 heteroatoms. The minimum Gasteiger partial charge on any atom is -0.402 e. The van der Waals surface area contributed by atoms with E-state index in [1.54, 1.807) is 6.20 Å². The number of rotatable bonds is 3. The number of halogens is 1. The van der Waals surface area contributed by atoms with Gasteiger partial charge in [0, 0.05) is 54.4 Å². The lowest BCUT2D eigenvalue weighted by molar-refractivity contribution is 0.757. The lowest BCUT2D eigenvalue weighted by atomic mass is 10.1. The van der Waals surface area contributed by atoms with Crippen LogP contribution in [-0.2, 0) is 6.42 Å². The Morgan fingerprint density at radius 2 is 2.15 bits per heavy atom. The van der Waals surface area contributed by atoms with Crippen molar-refractivity contribution >= 4 is 29.7 Å². The molecule has 3 heterocycles. The predicted molar refractivity (Wildman–Crippen MR) is 112 cm³/mol. The van der Waals surface area contributed by atoms with Gasteiger partial charge < -0.3 is 21.0 Å². The molecular weight excluding hydrogens is 360 g/mol.